The maximum absolute atomic E-state index is 12.7. The number of halogens is 3. The zero-order valence-corrected chi connectivity index (χ0v) is 13.7. The van der Waals surface area contributed by atoms with E-state index < -0.39 is 39.1 Å². The molecule has 1 heterocycles. The summed E-state index contributed by atoms with van der Waals surface area (Å²) >= 11 is 0. The van der Waals surface area contributed by atoms with Crippen LogP contribution >= 0.6 is 0 Å². The molecule has 1 aliphatic rings. The van der Waals surface area contributed by atoms with Crippen molar-refractivity contribution in [3.8, 4) is 0 Å². The highest BCUT2D eigenvalue weighted by Gasteiger charge is 2.32. The van der Waals surface area contributed by atoms with Crippen molar-refractivity contribution < 1.29 is 26.4 Å². The SMILES string of the molecule is CC1CN(C(=O)CNS(=O)(=O)c2cccc(C(F)(F)F)c2)CCN1. The number of hydrogen-bond acceptors (Lipinski definition) is 4. The molecule has 2 N–H and O–H groups in total. The van der Waals surface area contributed by atoms with Gasteiger partial charge in [-0.05, 0) is 25.1 Å². The second-order valence-electron chi connectivity index (χ2n) is 5.55. The summed E-state index contributed by atoms with van der Waals surface area (Å²) in [6, 6.07) is 3.49. The lowest BCUT2D eigenvalue weighted by atomic mass is 10.2. The summed E-state index contributed by atoms with van der Waals surface area (Å²) in [5.74, 6) is -0.418. The van der Waals surface area contributed by atoms with E-state index in [1.807, 2.05) is 6.92 Å². The second-order valence-corrected chi connectivity index (χ2v) is 7.31. The van der Waals surface area contributed by atoms with Gasteiger partial charge in [0.15, 0.2) is 0 Å². The quantitative estimate of drug-likeness (QED) is 0.828. The lowest BCUT2D eigenvalue weighted by molar-refractivity contribution is -0.137. The number of nitrogens with one attached hydrogen (secondary N) is 2. The minimum atomic E-state index is -4.64. The Kier molecular flexibility index (Phi) is 5.51. The lowest BCUT2D eigenvalue weighted by Gasteiger charge is -2.31. The van der Waals surface area contributed by atoms with E-state index in [1.54, 1.807) is 0 Å². The summed E-state index contributed by atoms with van der Waals surface area (Å²) in [5.41, 5.74) is -1.06. The molecule has 0 saturated carbocycles. The summed E-state index contributed by atoms with van der Waals surface area (Å²) in [7, 11) is -4.20. The molecule has 134 valence electrons. The molecule has 1 fully saturated rings. The molecule has 24 heavy (non-hydrogen) atoms. The van der Waals surface area contributed by atoms with E-state index in [1.165, 1.54) is 4.90 Å². The average molecular weight is 365 g/mol. The third-order valence-corrected chi connectivity index (χ3v) is 5.01. The Bertz CT molecular complexity index is 707. The van der Waals surface area contributed by atoms with Gasteiger partial charge < -0.3 is 10.2 Å². The van der Waals surface area contributed by atoms with Crippen LogP contribution in [-0.2, 0) is 21.0 Å². The van der Waals surface area contributed by atoms with Gasteiger partial charge in [0.25, 0.3) is 0 Å². The largest absolute Gasteiger partial charge is 0.416 e. The Labute approximate surface area is 138 Å². The second kappa shape index (κ2) is 7.08. The summed E-state index contributed by atoms with van der Waals surface area (Å²) in [6.07, 6.45) is -4.64. The van der Waals surface area contributed by atoms with Crippen LogP contribution in [0, 0.1) is 0 Å². The Balaban J connectivity index is 2.05. The smallest absolute Gasteiger partial charge is 0.339 e. The molecule has 1 saturated heterocycles. The van der Waals surface area contributed by atoms with Crippen LogP contribution in [0.4, 0.5) is 13.2 Å². The zero-order chi connectivity index (χ0) is 18.0. The van der Waals surface area contributed by atoms with E-state index in [-0.39, 0.29) is 6.04 Å². The average Bonchev–Trinajstić information content (AvgIpc) is 2.52. The van der Waals surface area contributed by atoms with Crippen molar-refractivity contribution in [2.75, 3.05) is 26.2 Å². The third-order valence-electron chi connectivity index (χ3n) is 3.61. The van der Waals surface area contributed by atoms with Crippen molar-refractivity contribution in [2.24, 2.45) is 0 Å². The minimum Gasteiger partial charge on any atom is -0.339 e. The molecular formula is C14H18F3N3O3S. The molecule has 6 nitrogen and oxygen atoms in total. The van der Waals surface area contributed by atoms with Gasteiger partial charge >= 0.3 is 6.18 Å². The number of carbonyl (C=O) groups is 1. The molecule has 1 amide bonds. The molecule has 10 heteroatoms. The van der Waals surface area contributed by atoms with Crippen LogP contribution in [0.15, 0.2) is 29.2 Å². The predicted molar refractivity (Wildman–Crippen MR) is 80.7 cm³/mol. The lowest BCUT2D eigenvalue weighted by Crippen LogP contribution is -2.53. The highest BCUT2D eigenvalue weighted by atomic mass is 32.2. The van der Waals surface area contributed by atoms with Crippen molar-refractivity contribution in [2.45, 2.75) is 24.0 Å². The van der Waals surface area contributed by atoms with Crippen molar-refractivity contribution >= 4 is 15.9 Å². The number of sulfonamides is 1. The molecule has 1 atom stereocenters. The molecule has 0 bridgehead atoms. The monoisotopic (exact) mass is 365 g/mol. The standard InChI is InChI=1S/C14H18F3N3O3S/c1-10-9-20(6-5-18-10)13(21)8-19-24(22,23)12-4-2-3-11(7-12)14(15,16)17/h2-4,7,10,18-19H,5-6,8-9H2,1H3. The van der Waals surface area contributed by atoms with E-state index in [0.29, 0.717) is 25.7 Å². The zero-order valence-electron chi connectivity index (χ0n) is 12.9. The first-order valence-corrected chi connectivity index (χ1v) is 8.76. The van der Waals surface area contributed by atoms with Crippen LogP contribution in [0.25, 0.3) is 0 Å². The fourth-order valence-electron chi connectivity index (χ4n) is 2.35. The van der Waals surface area contributed by atoms with Crippen LogP contribution in [0.1, 0.15) is 12.5 Å². The van der Waals surface area contributed by atoms with Crippen LogP contribution in [0.3, 0.4) is 0 Å². The Hall–Kier alpha value is -1.65. The molecule has 2 rings (SSSR count). The molecule has 0 aromatic heterocycles. The number of carbonyl (C=O) groups excluding carboxylic acids is 1. The Morgan fingerprint density at radius 1 is 1.42 bits per heavy atom. The molecule has 0 aliphatic carbocycles. The van der Waals surface area contributed by atoms with Gasteiger partial charge in [-0.1, -0.05) is 6.07 Å². The summed E-state index contributed by atoms with van der Waals surface area (Å²) < 4.78 is 64.3. The van der Waals surface area contributed by atoms with Gasteiger partial charge in [-0.15, -0.1) is 0 Å². The number of benzene rings is 1. The number of nitrogens with zero attached hydrogens (tertiary/aromatic N) is 1. The Morgan fingerprint density at radius 3 is 2.75 bits per heavy atom. The van der Waals surface area contributed by atoms with Gasteiger partial charge in [-0.25, -0.2) is 13.1 Å². The number of hydrogen-bond donors (Lipinski definition) is 2. The van der Waals surface area contributed by atoms with Gasteiger partial charge in [0.05, 0.1) is 17.0 Å². The van der Waals surface area contributed by atoms with Crippen molar-refractivity contribution in [1.29, 1.82) is 0 Å². The van der Waals surface area contributed by atoms with Gasteiger partial charge in [0.1, 0.15) is 0 Å². The number of alkyl halides is 3. The highest BCUT2D eigenvalue weighted by Crippen LogP contribution is 2.30. The molecule has 0 radical (unpaired) electrons. The molecule has 1 aromatic carbocycles. The predicted octanol–water partition coefficient (Wildman–Crippen LogP) is 0.804. The number of piperazine rings is 1. The van der Waals surface area contributed by atoms with Crippen molar-refractivity contribution in [3.63, 3.8) is 0 Å². The fourth-order valence-corrected chi connectivity index (χ4v) is 3.37. The number of amides is 1. The van der Waals surface area contributed by atoms with E-state index in [9.17, 15) is 26.4 Å². The van der Waals surface area contributed by atoms with E-state index in [2.05, 4.69) is 10.0 Å². The van der Waals surface area contributed by atoms with Crippen LogP contribution in [0.2, 0.25) is 0 Å². The third kappa shape index (κ3) is 4.68. The normalized spacial score (nSPS) is 19.3. The highest BCUT2D eigenvalue weighted by molar-refractivity contribution is 7.89. The van der Waals surface area contributed by atoms with E-state index in [4.69, 9.17) is 0 Å². The fraction of sp³-hybridized carbons (Fsp3) is 0.500. The maximum atomic E-state index is 12.7. The van der Waals surface area contributed by atoms with Gasteiger partial charge in [0.2, 0.25) is 15.9 Å². The Morgan fingerprint density at radius 2 is 2.12 bits per heavy atom. The van der Waals surface area contributed by atoms with Crippen molar-refractivity contribution in [1.82, 2.24) is 14.9 Å². The first kappa shape index (κ1) is 18.7. The first-order valence-electron chi connectivity index (χ1n) is 7.28. The molecule has 1 aliphatic heterocycles. The topological polar surface area (TPSA) is 78.5 Å². The van der Waals surface area contributed by atoms with Crippen LogP contribution in [-0.4, -0.2) is 51.4 Å². The molecule has 1 aromatic rings. The van der Waals surface area contributed by atoms with Crippen LogP contribution < -0.4 is 10.0 Å². The molecule has 0 spiro atoms. The minimum absolute atomic E-state index is 0.0998. The van der Waals surface area contributed by atoms with Gasteiger partial charge in [-0.3, -0.25) is 4.79 Å². The van der Waals surface area contributed by atoms with Gasteiger partial charge in [0, 0.05) is 25.7 Å². The van der Waals surface area contributed by atoms with Crippen molar-refractivity contribution in [3.05, 3.63) is 29.8 Å². The number of rotatable bonds is 4. The van der Waals surface area contributed by atoms with Crippen LogP contribution in [0.5, 0.6) is 0 Å². The van der Waals surface area contributed by atoms with E-state index >= 15 is 0 Å². The van der Waals surface area contributed by atoms with Gasteiger partial charge in [-0.2, -0.15) is 13.2 Å². The molecular weight excluding hydrogens is 347 g/mol. The van der Waals surface area contributed by atoms with E-state index in [0.717, 1.165) is 18.2 Å². The maximum Gasteiger partial charge on any atom is 0.416 e. The first-order chi connectivity index (χ1) is 11.1. The summed E-state index contributed by atoms with van der Waals surface area (Å²) in [5, 5.41) is 3.15. The summed E-state index contributed by atoms with van der Waals surface area (Å²) in [6.45, 7) is 2.91. The molecule has 1 unspecified atom stereocenters. The summed E-state index contributed by atoms with van der Waals surface area (Å²) in [4.78, 5) is 13.0.